The molecule has 1 atom stereocenters. The van der Waals surface area contributed by atoms with Crippen molar-refractivity contribution in [3.8, 4) is 0 Å². The summed E-state index contributed by atoms with van der Waals surface area (Å²) >= 11 is 0. The second-order valence-corrected chi connectivity index (χ2v) is 6.41. The second kappa shape index (κ2) is 7.57. The SMILES string of the molecule is CC(C)C[C@H](N)C(=O)Nc1ccc(CN2CCCC2)cc1. The number of hydrogen-bond acceptors (Lipinski definition) is 3. The van der Waals surface area contributed by atoms with Gasteiger partial charge in [-0.25, -0.2) is 0 Å². The Morgan fingerprint density at radius 3 is 2.43 bits per heavy atom. The third-order valence-electron chi connectivity index (χ3n) is 3.89. The van der Waals surface area contributed by atoms with Gasteiger partial charge in [-0.15, -0.1) is 0 Å². The molecule has 1 amide bonds. The van der Waals surface area contributed by atoms with E-state index in [1.807, 2.05) is 12.1 Å². The van der Waals surface area contributed by atoms with Crippen molar-refractivity contribution in [1.82, 2.24) is 4.90 Å². The smallest absolute Gasteiger partial charge is 0.241 e. The first-order valence-electron chi connectivity index (χ1n) is 7.92. The van der Waals surface area contributed by atoms with Crippen LogP contribution in [0.4, 0.5) is 5.69 Å². The van der Waals surface area contributed by atoms with Crippen LogP contribution >= 0.6 is 0 Å². The summed E-state index contributed by atoms with van der Waals surface area (Å²) in [5, 5.41) is 2.89. The molecule has 116 valence electrons. The van der Waals surface area contributed by atoms with Gasteiger partial charge in [-0.1, -0.05) is 26.0 Å². The predicted octanol–water partition coefficient (Wildman–Crippen LogP) is 2.59. The molecule has 0 aromatic heterocycles. The summed E-state index contributed by atoms with van der Waals surface area (Å²) in [6.45, 7) is 7.53. The number of nitrogens with zero attached hydrogens (tertiary/aromatic N) is 1. The molecule has 2 rings (SSSR count). The molecule has 3 N–H and O–H groups in total. The van der Waals surface area contributed by atoms with Crippen molar-refractivity contribution >= 4 is 11.6 Å². The average molecular weight is 289 g/mol. The van der Waals surface area contributed by atoms with Crippen LogP contribution in [0.1, 0.15) is 38.7 Å². The number of rotatable bonds is 6. The van der Waals surface area contributed by atoms with Crippen LogP contribution in [0.5, 0.6) is 0 Å². The van der Waals surface area contributed by atoms with Crippen molar-refractivity contribution in [3.05, 3.63) is 29.8 Å². The van der Waals surface area contributed by atoms with Crippen LogP contribution < -0.4 is 11.1 Å². The van der Waals surface area contributed by atoms with Crippen molar-refractivity contribution < 1.29 is 4.79 Å². The van der Waals surface area contributed by atoms with Gasteiger partial charge in [0.25, 0.3) is 0 Å². The molecule has 1 aliphatic heterocycles. The minimum absolute atomic E-state index is 0.101. The summed E-state index contributed by atoms with van der Waals surface area (Å²) in [6.07, 6.45) is 3.32. The maximum atomic E-state index is 12.0. The Bertz CT molecular complexity index is 450. The Hall–Kier alpha value is -1.39. The van der Waals surface area contributed by atoms with Gasteiger partial charge >= 0.3 is 0 Å². The van der Waals surface area contributed by atoms with Crippen LogP contribution in [0.15, 0.2) is 24.3 Å². The Morgan fingerprint density at radius 1 is 1.24 bits per heavy atom. The number of amides is 1. The molecular formula is C17H27N3O. The maximum Gasteiger partial charge on any atom is 0.241 e. The zero-order valence-corrected chi connectivity index (χ0v) is 13.1. The van der Waals surface area contributed by atoms with Gasteiger partial charge in [0.15, 0.2) is 0 Å². The summed E-state index contributed by atoms with van der Waals surface area (Å²) in [7, 11) is 0. The molecule has 0 spiro atoms. The number of anilines is 1. The Balaban J connectivity index is 1.85. The van der Waals surface area contributed by atoms with Gasteiger partial charge in [-0.3, -0.25) is 9.69 Å². The maximum absolute atomic E-state index is 12.0. The van der Waals surface area contributed by atoms with Crippen LogP contribution in [0.25, 0.3) is 0 Å². The Morgan fingerprint density at radius 2 is 1.86 bits per heavy atom. The van der Waals surface area contributed by atoms with E-state index in [0.29, 0.717) is 12.3 Å². The molecule has 1 fully saturated rings. The molecule has 0 radical (unpaired) electrons. The minimum atomic E-state index is -0.436. The number of nitrogens with one attached hydrogen (secondary N) is 1. The molecule has 1 aromatic rings. The molecule has 0 bridgehead atoms. The summed E-state index contributed by atoms with van der Waals surface area (Å²) in [5.74, 6) is 0.324. The molecular weight excluding hydrogens is 262 g/mol. The topological polar surface area (TPSA) is 58.4 Å². The normalized spacial score (nSPS) is 17.1. The number of likely N-dealkylation sites (tertiary alicyclic amines) is 1. The molecule has 21 heavy (non-hydrogen) atoms. The van der Waals surface area contributed by atoms with E-state index in [9.17, 15) is 4.79 Å². The lowest BCUT2D eigenvalue weighted by molar-refractivity contribution is -0.117. The molecule has 1 aliphatic rings. The molecule has 4 nitrogen and oxygen atoms in total. The number of benzene rings is 1. The molecule has 1 saturated heterocycles. The second-order valence-electron chi connectivity index (χ2n) is 6.41. The predicted molar refractivity (Wildman–Crippen MR) is 87.0 cm³/mol. The van der Waals surface area contributed by atoms with Crippen molar-refractivity contribution in [1.29, 1.82) is 0 Å². The largest absolute Gasteiger partial charge is 0.325 e. The zero-order valence-electron chi connectivity index (χ0n) is 13.1. The van der Waals surface area contributed by atoms with Crippen LogP contribution in [-0.4, -0.2) is 29.9 Å². The third kappa shape index (κ3) is 5.14. The van der Waals surface area contributed by atoms with Gasteiger partial charge in [0, 0.05) is 12.2 Å². The lowest BCUT2D eigenvalue weighted by Crippen LogP contribution is -2.36. The molecule has 1 heterocycles. The molecule has 0 aliphatic carbocycles. The van der Waals surface area contributed by atoms with Crippen molar-refractivity contribution in [3.63, 3.8) is 0 Å². The lowest BCUT2D eigenvalue weighted by atomic mass is 10.0. The molecule has 0 unspecified atom stereocenters. The van der Waals surface area contributed by atoms with Crippen LogP contribution in [-0.2, 0) is 11.3 Å². The number of carbonyl (C=O) groups is 1. The van der Waals surface area contributed by atoms with Crippen LogP contribution in [0, 0.1) is 5.92 Å². The molecule has 1 aromatic carbocycles. The lowest BCUT2D eigenvalue weighted by Gasteiger charge is -2.16. The highest BCUT2D eigenvalue weighted by Gasteiger charge is 2.15. The van der Waals surface area contributed by atoms with Gasteiger partial charge < -0.3 is 11.1 Å². The number of nitrogens with two attached hydrogens (primary N) is 1. The zero-order chi connectivity index (χ0) is 15.2. The van der Waals surface area contributed by atoms with E-state index in [-0.39, 0.29) is 5.91 Å². The number of hydrogen-bond donors (Lipinski definition) is 2. The van der Waals surface area contributed by atoms with Gasteiger partial charge in [-0.2, -0.15) is 0 Å². The fraction of sp³-hybridized carbons (Fsp3) is 0.588. The summed E-state index contributed by atoms with van der Waals surface area (Å²) in [5.41, 5.74) is 8.00. The van der Waals surface area contributed by atoms with E-state index >= 15 is 0 Å². The van der Waals surface area contributed by atoms with E-state index < -0.39 is 6.04 Å². The average Bonchev–Trinajstić information content (AvgIpc) is 2.93. The standard InChI is InChI=1S/C17H27N3O/c1-13(2)11-16(18)17(21)19-15-7-5-14(6-8-15)12-20-9-3-4-10-20/h5-8,13,16H,3-4,9-12,18H2,1-2H3,(H,19,21)/t16-/m0/s1. The van der Waals surface area contributed by atoms with E-state index in [1.165, 1.54) is 31.5 Å². The summed E-state index contributed by atoms with van der Waals surface area (Å²) in [6, 6.07) is 7.66. The highest BCUT2D eigenvalue weighted by molar-refractivity contribution is 5.94. The fourth-order valence-electron chi connectivity index (χ4n) is 2.74. The van der Waals surface area contributed by atoms with Gasteiger partial charge in [0.1, 0.15) is 0 Å². The van der Waals surface area contributed by atoms with E-state index in [0.717, 1.165) is 12.2 Å². The van der Waals surface area contributed by atoms with Crippen LogP contribution in [0.3, 0.4) is 0 Å². The number of carbonyl (C=O) groups excluding carboxylic acids is 1. The minimum Gasteiger partial charge on any atom is -0.325 e. The Labute approximate surface area is 127 Å². The van der Waals surface area contributed by atoms with Crippen molar-refractivity contribution in [2.75, 3.05) is 18.4 Å². The van der Waals surface area contributed by atoms with Crippen molar-refractivity contribution in [2.45, 2.75) is 45.7 Å². The van der Waals surface area contributed by atoms with Gasteiger partial charge in [-0.05, 0) is 56.0 Å². The summed E-state index contributed by atoms with van der Waals surface area (Å²) in [4.78, 5) is 14.4. The molecule has 0 saturated carbocycles. The van der Waals surface area contributed by atoms with E-state index in [4.69, 9.17) is 5.73 Å². The third-order valence-corrected chi connectivity index (χ3v) is 3.89. The quantitative estimate of drug-likeness (QED) is 0.846. The summed E-state index contributed by atoms with van der Waals surface area (Å²) < 4.78 is 0. The monoisotopic (exact) mass is 289 g/mol. The first kappa shape index (κ1) is 16.0. The van der Waals surface area contributed by atoms with Gasteiger partial charge in [0.05, 0.1) is 6.04 Å². The highest BCUT2D eigenvalue weighted by Crippen LogP contribution is 2.15. The fourth-order valence-corrected chi connectivity index (χ4v) is 2.74. The molecule has 4 heteroatoms. The highest BCUT2D eigenvalue weighted by atomic mass is 16.2. The van der Waals surface area contributed by atoms with Crippen molar-refractivity contribution in [2.24, 2.45) is 11.7 Å². The van der Waals surface area contributed by atoms with Gasteiger partial charge in [0.2, 0.25) is 5.91 Å². The van der Waals surface area contributed by atoms with E-state index in [1.54, 1.807) is 0 Å². The van der Waals surface area contributed by atoms with E-state index in [2.05, 4.69) is 36.2 Å². The van der Waals surface area contributed by atoms with Crippen LogP contribution in [0.2, 0.25) is 0 Å². The Kier molecular flexibility index (Phi) is 5.76. The first-order valence-corrected chi connectivity index (χ1v) is 7.92. The first-order chi connectivity index (χ1) is 10.0.